The molecular formula is C19H24N2O4S2. The molecule has 0 aliphatic carbocycles. The second-order valence-electron chi connectivity index (χ2n) is 5.89. The molecule has 0 bridgehead atoms. The Labute approximate surface area is 165 Å². The lowest BCUT2D eigenvalue weighted by molar-refractivity contribution is -0.121. The molecule has 1 N–H and O–H groups in total. The average molecular weight is 409 g/mol. The summed E-state index contributed by atoms with van der Waals surface area (Å²) < 4.78 is 30.8. The molecule has 8 heteroatoms. The number of rotatable bonds is 9. The minimum atomic E-state index is -3.65. The molecule has 0 radical (unpaired) electrons. The van der Waals surface area contributed by atoms with Gasteiger partial charge in [-0.3, -0.25) is 9.10 Å². The first kappa shape index (κ1) is 21.1. The fraction of sp³-hybridized carbons (Fsp3) is 0.316. The summed E-state index contributed by atoms with van der Waals surface area (Å²) >= 11 is 1.63. The number of carbonyl (C=O) groups is 1. The second kappa shape index (κ2) is 9.66. The van der Waals surface area contributed by atoms with Crippen molar-refractivity contribution in [2.75, 3.05) is 30.0 Å². The third kappa shape index (κ3) is 6.18. The number of methoxy groups -OCH3 is 1. The third-order valence-electron chi connectivity index (χ3n) is 3.81. The number of amides is 1. The van der Waals surface area contributed by atoms with E-state index in [0.29, 0.717) is 23.7 Å². The highest BCUT2D eigenvalue weighted by Crippen LogP contribution is 2.25. The molecule has 1 atom stereocenters. The molecule has 0 fully saturated rings. The van der Waals surface area contributed by atoms with Crippen LogP contribution in [0, 0.1) is 0 Å². The predicted octanol–water partition coefficient (Wildman–Crippen LogP) is 2.76. The minimum absolute atomic E-state index is 0.350. The van der Waals surface area contributed by atoms with Crippen molar-refractivity contribution < 1.29 is 17.9 Å². The standard InChI is InChI=1S/C19H24N2O4S2/c1-15(19(22)20-12-13-26-18-10-5-4-6-11-18)21(27(3,23)24)16-8-7-9-17(14-16)25-2/h4-11,14-15H,12-13H2,1-3H3,(H,20,22)/t15-/m0/s1. The van der Waals surface area contributed by atoms with E-state index in [1.54, 1.807) is 43.0 Å². The lowest BCUT2D eigenvalue weighted by Crippen LogP contribution is -2.48. The van der Waals surface area contributed by atoms with Crippen LogP contribution >= 0.6 is 11.8 Å². The monoisotopic (exact) mass is 408 g/mol. The van der Waals surface area contributed by atoms with Crippen molar-refractivity contribution in [1.82, 2.24) is 5.32 Å². The first-order chi connectivity index (χ1) is 12.8. The summed E-state index contributed by atoms with van der Waals surface area (Å²) in [5.41, 5.74) is 0.387. The van der Waals surface area contributed by atoms with Crippen LogP contribution in [0.15, 0.2) is 59.5 Å². The van der Waals surface area contributed by atoms with Crippen molar-refractivity contribution in [3.8, 4) is 5.75 Å². The van der Waals surface area contributed by atoms with Crippen LogP contribution in [0.4, 0.5) is 5.69 Å². The molecule has 0 heterocycles. The van der Waals surface area contributed by atoms with Crippen molar-refractivity contribution in [2.45, 2.75) is 17.9 Å². The van der Waals surface area contributed by atoms with Gasteiger partial charge in [0, 0.05) is 23.3 Å². The highest BCUT2D eigenvalue weighted by molar-refractivity contribution is 7.99. The molecule has 2 aromatic carbocycles. The Balaban J connectivity index is 2.02. The maximum absolute atomic E-state index is 12.5. The van der Waals surface area contributed by atoms with Crippen molar-refractivity contribution in [2.24, 2.45) is 0 Å². The second-order valence-corrected chi connectivity index (χ2v) is 8.92. The Hall–Kier alpha value is -2.19. The van der Waals surface area contributed by atoms with E-state index in [4.69, 9.17) is 4.74 Å². The van der Waals surface area contributed by atoms with E-state index in [0.717, 1.165) is 15.5 Å². The van der Waals surface area contributed by atoms with Crippen LogP contribution in [0.25, 0.3) is 0 Å². The number of nitrogens with zero attached hydrogens (tertiary/aromatic N) is 1. The van der Waals surface area contributed by atoms with Gasteiger partial charge in [-0.05, 0) is 31.2 Å². The Morgan fingerprint density at radius 1 is 1.19 bits per heavy atom. The van der Waals surface area contributed by atoms with Gasteiger partial charge >= 0.3 is 0 Å². The van der Waals surface area contributed by atoms with E-state index < -0.39 is 16.1 Å². The zero-order chi connectivity index (χ0) is 19.9. The predicted molar refractivity (Wildman–Crippen MR) is 110 cm³/mol. The fourth-order valence-electron chi connectivity index (χ4n) is 2.56. The van der Waals surface area contributed by atoms with Crippen LogP contribution in [0.5, 0.6) is 5.75 Å². The van der Waals surface area contributed by atoms with Crippen LogP contribution in [0.3, 0.4) is 0 Å². The maximum Gasteiger partial charge on any atom is 0.243 e. The largest absolute Gasteiger partial charge is 0.497 e. The molecule has 0 saturated carbocycles. The topological polar surface area (TPSA) is 75.7 Å². The van der Waals surface area contributed by atoms with Gasteiger partial charge < -0.3 is 10.1 Å². The molecule has 0 aliphatic heterocycles. The number of hydrogen-bond acceptors (Lipinski definition) is 5. The van der Waals surface area contributed by atoms with Crippen LogP contribution in [0.1, 0.15) is 6.92 Å². The number of anilines is 1. The van der Waals surface area contributed by atoms with E-state index in [1.165, 1.54) is 7.11 Å². The van der Waals surface area contributed by atoms with Gasteiger partial charge in [0.05, 0.1) is 19.1 Å². The average Bonchev–Trinajstić information content (AvgIpc) is 2.65. The van der Waals surface area contributed by atoms with Crippen molar-refractivity contribution in [1.29, 1.82) is 0 Å². The Morgan fingerprint density at radius 3 is 2.52 bits per heavy atom. The summed E-state index contributed by atoms with van der Waals surface area (Å²) in [6.45, 7) is 2.01. The molecule has 146 valence electrons. The number of ether oxygens (including phenoxy) is 1. The van der Waals surface area contributed by atoms with Crippen LogP contribution in [-0.4, -0.2) is 46.0 Å². The van der Waals surface area contributed by atoms with E-state index >= 15 is 0 Å². The highest BCUT2D eigenvalue weighted by atomic mass is 32.2. The molecule has 0 aliphatic rings. The van der Waals surface area contributed by atoms with Gasteiger partial charge in [0.15, 0.2) is 0 Å². The highest BCUT2D eigenvalue weighted by Gasteiger charge is 2.29. The molecular weight excluding hydrogens is 384 g/mol. The van der Waals surface area contributed by atoms with Crippen LogP contribution in [0.2, 0.25) is 0 Å². The van der Waals surface area contributed by atoms with Crippen molar-refractivity contribution >= 4 is 33.4 Å². The molecule has 1 amide bonds. The molecule has 0 aromatic heterocycles. The van der Waals surface area contributed by atoms with E-state index in [2.05, 4.69) is 5.32 Å². The van der Waals surface area contributed by atoms with Gasteiger partial charge in [0.2, 0.25) is 15.9 Å². The van der Waals surface area contributed by atoms with Gasteiger partial charge in [0.1, 0.15) is 11.8 Å². The van der Waals surface area contributed by atoms with Crippen molar-refractivity contribution in [3.05, 3.63) is 54.6 Å². The first-order valence-electron chi connectivity index (χ1n) is 8.42. The summed E-state index contributed by atoms with van der Waals surface area (Å²) in [4.78, 5) is 13.6. The molecule has 2 aromatic rings. The summed E-state index contributed by atoms with van der Waals surface area (Å²) in [6.07, 6.45) is 1.08. The summed E-state index contributed by atoms with van der Waals surface area (Å²) in [5, 5.41) is 2.81. The Kier molecular flexibility index (Phi) is 7.55. The molecule has 2 rings (SSSR count). The van der Waals surface area contributed by atoms with E-state index in [-0.39, 0.29) is 5.91 Å². The lowest BCUT2D eigenvalue weighted by atomic mass is 10.2. The molecule has 0 spiro atoms. The normalized spacial score (nSPS) is 12.3. The number of nitrogens with one attached hydrogen (secondary N) is 1. The van der Waals surface area contributed by atoms with E-state index in [1.807, 2.05) is 30.3 Å². The zero-order valence-corrected chi connectivity index (χ0v) is 17.2. The van der Waals surface area contributed by atoms with Gasteiger partial charge in [-0.1, -0.05) is 24.3 Å². The Bertz CT molecular complexity index is 857. The van der Waals surface area contributed by atoms with Crippen LogP contribution < -0.4 is 14.4 Å². The van der Waals surface area contributed by atoms with Gasteiger partial charge in [-0.2, -0.15) is 0 Å². The molecule has 27 heavy (non-hydrogen) atoms. The molecule has 6 nitrogen and oxygen atoms in total. The van der Waals surface area contributed by atoms with Gasteiger partial charge in [-0.15, -0.1) is 11.8 Å². The number of hydrogen-bond donors (Lipinski definition) is 1. The Morgan fingerprint density at radius 2 is 1.89 bits per heavy atom. The van der Waals surface area contributed by atoms with Gasteiger partial charge in [-0.25, -0.2) is 8.42 Å². The molecule has 0 unspecified atom stereocenters. The zero-order valence-electron chi connectivity index (χ0n) is 15.6. The number of carbonyl (C=O) groups excluding carboxylic acids is 1. The van der Waals surface area contributed by atoms with E-state index in [9.17, 15) is 13.2 Å². The third-order valence-corrected chi connectivity index (χ3v) is 6.06. The smallest absolute Gasteiger partial charge is 0.243 e. The summed E-state index contributed by atoms with van der Waals surface area (Å²) in [6, 6.07) is 15.6. The quantitative estimate of drug-likeness (QED) is 0.510. The number of thioether (sulfide) groups is 1. The lowest BCUT2D eigenvalue weighted by Gasteiger charge is -2.28. The SMILES string of the molecule is COc1cccc(N([C@@H](C)C(=O)NCCSc2ccccc2)S(C)(=O)=O)c1. The fourth-order valence-corrected chi connectivity index (χ4v) is 4.52. The van der Waals surface area contributed by atoms with Crippen LogP contribution in [-0.2, 0) is 14.8 Å². The first-order valence-corrected chi connectivity index (χ1v) is 11.3. The molecule has 0 saturated heterocycles. The van der Waals surface area contributed by atoms with Crippen molar-refractivity contribution in [3.63, 3.8) is 0 Å². The number of benzene rings is 2. The number of sulfonamides is 1. The summed E-state index contributed by atoms with van der Waals surface area (Å²) in [7, 11) is -2.14. The minimum Gasteiger partial charge on any atom is -0.497 e. The maximum atomic E-state index is 12.5. The summed E-state index contributed by atoms with van der Waals surface area (Å²) in [5.74, 6) is 0.866. The van der Waals surface area contributed by atoms with Gasteiger partial charge in [0.25, 0.3) is 0 Å².